The van der Waals surface area contributed by atoms with Crippen LogP contribution in [-0.4, -0.2) is 81.8 Å². The average Bonchev–Trinajstić information content (AvgIpc) is 3.23. The fraction of sp³-hybridized carbons (Fsp3) is 0.737. The number of rotatable bonds is 7. The van der Waals surface area contributed by atoms with E-state index < -0.39 is 0 Å². The summed E-state index contributed by atoms with van der Waals surface area (Å²) in [5.74, 6) is 0.900. The van der Waals surface area contributed by atoms with E-state index in [0.717, 1.165) is 51.9 Å². The molecule has 2 saturated heterocycles. The third-order valence-electron chi connectivity index (χ3n) is 5.21. The van der Waals surface area contributed by atoms with Crippen molar-refractivity contribution in [2.24, 2.45) is 4.99 Å². The molecule has 2 fully saturated rings. The summed E-state index contributed by atoms with van der Waals surface area (Å²) < 4.78 is 5.53. The molecule has 1 aromatic rings. The summed E-state index contributed by atoms with van der Waals surface area (Å²) in [6.07, 6.45) is 4.07. The van der Waals surface area contributed by atoms with Crippen LogP contribution in [0.1, 0.15) is 30.2 Å². The number of hydrogen-bond acceptors (Lipinski definition) is 5. The largest absolute Gasteiger partial charge is 0.379 e. The minimum absolute atomic E-state index is 0. The topological polar surface area (TPSA) is 52.1 Å². The lowest BCUT2D eigenvalue weighted by Crippen LogP contribution is -2.47. The van der Waals surface area contributed by atoms with E-state index in [1.807, 2.05) is 18.4 Å². The molecule has 0 bridgehead atoms. The summed E-state index contributed by atoms with van der Waals surface area (Å²) in [5, 5.41) is 9.18. The standard InChI is InChI=1S/C19H33N5OS.HI/c1-20-19(21-7-10-23-8-3-2-4-9-23)22-16-17(18-6-5-15-26-18)24-11-13-25-14-12-24;/h5-6,15,17H,2-4,7-14,16H2,1H3,(H2,20,21,22);1H. The highest BCUT2D eigenvalue weighted by Crippen LogP contribution is 2.25. The number of nitrogens with zero attached hydrogens (tertiary/aromatic N) is 3. The van der Waals surface area contributed by atoms with Gasteiger partial charge in [0.15, 0.2) is 5.96 Å². The van der Waals surface area contributed by atoms with Crippen molar-refractivity contribution >= 4 is 41.3 Å². The van der Waals surface area contributed by atoms with E-state index in [9.17, 15) is 0 Å². The molecule has 2 aliphatic heterocycles. The lowest BCUT2D eigenvalue weighted by molar-refractivity contribution is 0.0177. The van der Waals surface area contributed by atoms with Crippen LogP contribution in [0.4, 0.5) is 0 Å². The van der Waals surface area contributed by atoms with Crippen LogP contribution in [-0.2, 0) is 4.74 Å². The number of piperidine rings is 1. The van der Waals surface area contributed by atoms with E-state index in [0.29, 0.717) is 6.04 Å². The van der Waals surface area contributed by atoms with Crippen LogP contribution in [0.5, 0.6) is 0 Å². The van der Waals surface area contributed by atoms with Crippen molar-refractivity contribution in [1.82, 2.24) is 20.4 Å². The van der Waals surface area contributed by atoms with Gasteiger partial charge in [-0.15, -0.1) is 35.3 Å². The molecule has 0 radical (unpaired) electrons. The number of nitrogens with one attached hydrogen (secondary N) is 2. The van der Waals surface area contributed by atoms with Crippen LogP contribution in [0.3, 0.4) is 0 Å². The van der Waals surface area contributed by atoms with Gasteiger partial charge in [-0.1, -0.05) is 12.5 Å². The molecule has 0 amide bonds. The zero-order chi connectivity index (χ0) is 18.0. The van der Waals surface area contributed by atoms with Crippen molar-refractivity contribution in [1.29, 1.82) is 0 Å². The van der Waals surface area contributed by atoms with Gasteiger partial charge in [-0.3, -0.25) is 9.89 Å². The van der Waals surface area contributed by atoms with Gasteiger partial charge in [0.1, 0.15) is 0 Å². The molecule has 27 heavy (non-hydrogen) atoms. The first-order chi connectivity index (χ1) is 12.9. The second-order valence-electron chi connectivity index (χ2n) is 6.96. The molecule has 0 aromatic carbocycles. The maximum atomic E-state index is 5.53. The van der Waals surface area contributed by atoms with Crippen LogP contribution in [0.2, 0.25) is 0 Å². The molecule has 1 atom stereocenters. The van der Waals surface area contributed by atoms with Crippen LogP contribution in [0.15, 0.2) is 22.5 Å². The van der Waals surface area contributed by atoms with E-state index in [1.54, 1.807) is 0 Å². The smallest absolute Gasteiger partial charge is 0.191 e. The summed E-state index contributed by atoms with van der Waals surface area (Å²) in [4.78, 5) is 10.9. The first-order valence-electron chi connectivity index (χ1n) is 9.89. The number of ether oxygens (including phenoxy) is 1. The lowest BCUT2D eigenvalue weighted by Gasteiger charge is -2.34. The van der Waals surface area contributed by atoms with Gasteiger partial charge in [-0.25, -0.2) is 0 Å². The number of morpholine rings is 1. The fourth-order valence-electron chi connectivity index (χ4n) is 3.71. The van der Waals surface area contributed by atoms with Gasteiger partial charge < -0.3 is 20.3 Å². The van der Waals surface area contributed by atoms with Gasteiger partial charge in [0.25, 0.3) is 0 Å². The Morgan fingerprint density at radius 2 is 1.96 bits per heavy atom. The molecule has 2 aliphatic rings. The minimum atomic E-state index is 0. The predicted molar refractivity (Wildman–Crippen MR) is 125 cm³/mol. The molecule has 3 heterocycles. The van der Waals surface area contributed by atoms with Crippen LogP contribution in [0, 0.1) is 0 Å². The number of thiophene rings is 1. The van der Waals surface area contributed by atoms with Crippen LogP contribution >= 0.6 is 35.3 Å². The number of aliphatic imine (C=N–C) groups is 1. The molecule has 154 valence electrons. The van der Waals surface area contributed by atoms with Gasteiger partial charge in [-0.05, 0) is 37.4 Å². The molecule has 6 nitrogen and oxygen atoms in total. The van der Waals surface area contributed by atoms with Gasteiger partial charge >= 0.3 is 0 Å². The van der Waals surface area contributed by atoms with Gasteiger partial charge in [-0.2, -0.15) is 0 Å². The Balaban J connectivity index is 0.00000261. The maximum Gasteiger partial charge on any atom is 0.191 e. The molecular formula is C19H34IN5OS. The van der Waals surface area contributed by atoms with Gasteiger partial charge in [0, 0.05) is 44.6 Å². The van der Waals surface area contributed by atoms with Crippen molar-refractivity contribution in [3.63, 3.8) is 0 Å². The summed E-state index contributed by atoms with van der Waals surface area (Å²) in [6.45, 7) is 9.02. The molecule has 1 aromatic heterocycles. The highest BCUT2D eigenvalue weighted by atomic mass is 127. The molecule has 2 N–H and O–H groups in total. The highest BCUT2D eigenvalue weighted by molar-refractivity contribution is 14.0. The number of guanidine groups is 1. The molecule has 0 spiro atoms. The zero-order valence-corrected chi connectivity index (χ0v) is 19.5. The van der Waals surface area contributed by atoms with E-state index in [2.05, 4.69) is 42.9 Å². The Labute approximate surface area is 184 Å². The van der Waals surface area contributed by atoms with Crippen molar-refractivity contribution in [3.8, 4) is 0 Å². The Morgan fingerprint density at radius 3 is 2.63 bits per heavy atom. The van der Waals surface area contributed by atoms with E-state index in [1.165, 1.54) is 37.2 Å². The Bertz CT molecular complexity index is 530. The van der Waals surface area contributed by atoms with E-state index >= 15 is 0 Å². The Morgan fingerprint density at radius 1 is 1.19 bits per heavy atom. The molecular weight excluding hydrogens is 473 g/mol. The highest BCUT2D eigenvalue weighted by Gasteiger charge is 2.23. The second kappa shape index (κ2) is 12.9. The SMILES string of the molecule is CN=C(NCCN1CCCCC1)NCC(c1cccs1)N1CCOCC1.I. The molecule has 0 saturated carbocycles. The molecule has 8 heteroatoms. The lowest BCUT2D eigenvalue weighted by atomic mass is 10.1. The normalized spacial score (nSPS) is 20.7. The Hall–Kier alpha value is -0.420. The summed E-state index contributed by atoms with van der Waals surface area (Å²) >= 11 is 1.83. The van der Waals surface area contributed by atoms with Gasteiger partial charge in [0.2, 0.25) is 0 Å². The van der Waals surface area contributed by atoms with Crippen LogP contribution < -0.4 is 10.6 Å². The third-order valence-corrected chi connectivity index (χ3v) is 6.19. The van der Waals surface area contributed by atoms with Crippen molar-refractivity contribution in [2.75, 3.05) is 66.1 Å². The van der Waals surface area contributed by atoms with Gasteiger partial charge in [0.05, 0.1) is 19.3 Å². The summed E-state index contributed by atoms with van der Waals surface area (Å²) in [6, 6.07) is 4.75. The van der Waals surface area contributed by atoms with E-state index in [-0.39, 0.29) is 24.0 Å². The number of likely N-dealkylation sites (tertiary alicyclic amines) is 1. The minimum Gasteiger partial charge on any atom is -0.379 e. The Kier molecular flexibility index (Phi) is 10.9. The zero-order valence-electron chi connectivity index (χ0n) is 16.4. The first kappa shape index (κ1) is 22.9. The summed E-state index contributed by atoms with van der Waals surface area (Å²) in [7, 11) is 1.85. The second-order valence-corrected chi connectivity index (χ2v) is 7.94. The summed E-state index contributed by atoms with van der Waals surface area (Å²) in [5.41, 5.74) is 0. The number of halogens is 1. The fourth-order valence-corrected chi connectivity index (χ4v) is 4.57. The molecule has 3 rings (SSSR count). The molecule has 1 unspecified atom stereocenters. The predicted octanol–water partition coefficient (Wildman–Crippen LogP) is 2.39. The quantitative estimate of drug-likeness (QED) is 0.337. The number of hydrogen-bond donors (Lipinski definition) is 2. The first-order valence-corrected chi connectivity index (χ1v) is 10.8. The third kappa shape index (κ3) is 7.49. The average molecular weight is 507 g/mol. The maximum absolute atomic E-state index is 5.53. The monoisotopic (exact) mass is 507 g/mol. The van der Waals surface area contributed by atoms with Crippen molar-refractivity contribution < 1.29 is 4.74 Å². The van der Waals surface area contributed by atoms with E-state index in [4.69, 9.17) is 4.74 Å². The van der Waals surface area contributed by atoms with Crippen LogP contribution in [0.25, 0.3) is 0 Å². The molecule has 0 aliphatic carbocycles. The van der Waals surface area contributed by atoms with Crippen molar-refractivity contribution in [2.45, 2.75) is 25.3 Å². The van der Waals surface area contributed by atoms with Crippen molar-refractivity contribution in [3.05, 3.63) is 22.4 Å².